The number of thiazole rings is 1. The summed E-state index contributed by atoms with van der Waals surface area (Å²) in [5.41, 5.74) is 0.850. The zero-order chi connectivity index (χ0) is 10.1. The molecule has 1 fully saturated rings. The summed E-state index contributed by atoms with van der Waals surface area (Å²) >= 11 is 1.48. The van der Waals surface area contributed by atoms with Crippen LogP contribution in [0.5, 0.6) is 0 Å². The molecule has 1 aliphatic carbocycles. The minimum absolute atomic E-state index is 0.752. The standard InChI is InChI=1S/C10H14N2OS/c1-7-9(6-13)14-10(11-7)12(2)5-8-3-4-8/h6,8H,3-5H2,1-2H3. The molecule has 0 bridgehead atoms. The number of carbonyl (C=O) groups is 1. The van der Waals surface area contributed by atoms with Crippen LogP contribution in [0.1, 0.15) is 28.2 Å². The molecule has 0 unspecified atom stereocenters. The number of aromatic nitrogens is 1. The van der Waals surface area contributed by atoms with Gasteiger partial charge in [0.25, 0.3) is 0 Å². The van der Waals surface area contributed by atoms with E-state index in [0.29, 0.717) is 0 Å². The van der Waals surface area contributed by atoms with Gasteiger partial charge in [-0.15, -0.1) is 0 Å². The first-order valence-corrected chi connectivity index (χ1v) is 5.66. The molecule has 1 saturated carbocycles. The van der Waals surface area contributed by atoms with Crippen LogP contribution in [0.25, 0.3) is 0 Å². The zero-order valence-electron chi connectivity index (χ0n) is 8.49. The minimum atomic E-state index is 0.752. The number of aryl methyl sites for hydroxylation is 1. The van der Waals surface area contributed by atoms with E-state index in [1.165, 1.54) is 24.2 Å². The molecule has 0 saturated heterocycles. The fraction of sp³-hybridized carbons (Fsp3) is 0.600. The summed E-state index contributed by atoms with van der Waals surface area (Å²) < 4.78 is 0. The van der Waals surface area contributed by atoms with Gasteiger partial charge in [0.1, 0.15) is 0 Å². The first kappa shape index (κ1) is 9.65. The number of anilines is 1. The second-order valence-corrected chi connectivity index (χ2v) is 4.90. The van der Waals surface area contributed by atoms with Gasteiger partial charge >= 0.3 is 0 Å². The molecule has 1 aromatic heterocycles. The van der Waals surface area contributed by atoms with E-state index in [1.54, 1.807) is 0 Å². The average Bonchev–Trinajstić information content (AvgIpc) is 2.87. The van der Waals surface area contributed by atoms with Crippen LogP contribution in [0.15, 0.2) is 0 Å². The maximum Gasteiger partial charge on any atom is 0.185 e. The van der Waals surface area contributed by atoms with E-state index in [2.05, 4.69) is 9.88 Å². The number of rotatable bonds is 4. The first-order valence-electron chi connectivity index (χ1n) is 4.84. The molecule has 1 heterocycles. The van der Waals surface area contributed by atoms with Gasteiger partial charge < -0.3 is 4.90 Å². The van der Waals surface area contributed by atoms with Crippen molar-refractivity contribution in [2.45, 2.75) is 19.8 Å². The van der Waals surface area contributed by atoms with Gasteiger partial charge in [-0.1, -0.05) is 11.3 Å². The van der Waals surface area contributed by atoms with Crippen molar-refractivity contribution in [3.05, 3.63) is 10.6 Å². The van der Waals surface area contributed by atoms with Gasteiger partial charge in [-0.05, 0) is 25.7 Å². The van der Waals surface area contributed by atoms with E-state index in [-0.39, 0.29) is 0 Å². The second-order valence-electron chi connectivity index (χ2n) is 3.89. The third-order valence-corrected chi connectivity index (χ3v) is 3.68. The molecular formula is C10H14N2OS. The largest absolute Gasteiger partial charge is 0.351 e. The molecule has 1 aliphatic rings. The molecule has 0 spiro atoms. The third-order valence-electron chi connectivity index (χ3n) is 2.48. The molecule has 14 heavy (non-hydrogen) atoms. The van der Waals surface area contributed by atoms with Crippen molar-refractivity contribution >= 4 is 22.8 Å². The van der Waals surface area contributed by atoms with E-state index in [9.17, 15) is 4.79 Å². The summed E-state index contributed by atoms with van der Waals surface area (Å²) in [6.07, 6.45) is 3.58. The highest BCUT2D eigenvalue weighted by Crippen LogP contribution is 2.32. The summed E-state index contributed by atoms with van der Waals surface area (Å²) in [5, 5.41) is 0.969. The summed E-state index contributed by atoms with van der Waals surface area (Å²) in [5.74, 6) is 0.851. The fourth-order valence-electron chi connectivity index (χ4n) is 1.43. The van der Waals surface area contributed by atoms with Crippen LogP contribution in [0.4, 0.5) is 5.13 Å². The monoisotopic (exact) mass is 210 g/mol. The Bertz CT molecular complexity index is 344. The smallest absolute Gasteiger partial charge is 0.185 e. The van der Waals surface area contributed by atoms with Crippen LogP contribution in [-0.4, -0.2) is 24.9 Å². The Morgan fingerprint density at radius 1 is 1.64 bits per heavy atom. The Labute approximate surface area is 87.8 Å². The van der Waals surface area contributed by atoms with E-state index in [4.69, 9.17) is 0 Å². The molecule has 3 nitrogen and oxygen atoms in total. The Balaban J connectivity index is 2.09. The van der Waals surface area contributed by atoms with Crippen LogP contribution in [0.3, 0.4) is 0 Å². The van der Waals surface area contributed by atoms with Crippen molar-refractivity contribution < 1.29 is 4.79 Å². The van der Waals surface area contributed by atoms with Crippen molar-refractivity contribution in [1.82, 2.24) is 4.98 Å². The molecule has 0 N–H and O–H groups in total. The van der Waals surface area contributed by atoms with Crippen LogP contribution >= 0.6 is 11.3 Å². The quantitative estimate of drug-likeness (QED) is 0.714. The van der Waals surface area contributed by atoms with Gasteiger partial charge in [-0.3, -0.25) is 4.79 Å². The number of nitrogens with zero attached hydrogens (tertiary/aromatic N) is 2. The molecule has 2 rings (SSSR count). The Morgan fingerprint density at radius 2 is 2.36 bits per heavy atom. The Hall–Kier alpha value is -0.900. The van der Waals surface area contributed by atoms with Gasteiger partial charge in [0.15, 0.2) is 11.4 Å². The predicted octanol–water partition coefficient (Wildman–Crippen LogP) is 2.11. The van der Waals surface area contributed by atoms with Crippen molar-refractivity contribution in [3.63, 3.8) is 0 Å². The van der Waals surface area contributed by atoms with Gasteiger partial charge in [-0.2, -0.15) is 0 Å². The lowest BCUT2D eigenvalue weighted by molar-refractivity contribution is 0.112. The molecule has 0 aliphatic heterocycles. The summed E-state index contributed by atoms with van der Waals surface area (Å²) in [7, 11) is 2.05. The Morgan fingerprint density at radius 3 is 2.86 bits per heavy atom. The molecule has 0 atom stereocenters. The zero-order valence-corrected chi connectivity index (χ0v) is 9.30. The molecule has 76 valence electrons. The summed E-state index contributed by atoms with van der Waals surface area (Å²) in [4.78, 5) is 17.9. The van der Waals surface area contributed by atoms with Crippen LogP contribution in [-0.2, 0) is 0 Å². The highest BCUT2D eigenvalue weighted by atomic mass is 32.1. The normalized spacial score (nSPS) is 15.6. The van der Waals surface area contributed by atoms with Crippen molar-refractivity contribution in [2.24, 2.45) is 5.92 Å². The highest BCUT2D eigenvalue weighted by Gasteiger charge is 2.24. The molecule has 0 aromatic carbocycles. The van der Waals surface area contributed by atoms with E-state index >= 15 is 0 Å². The van der Waals surface area contributed by atoms with Gasteiger partial charge in [0.2, 0.25) is 0 Å². The summed E-state index contributed by atoms with van der Waals surface area (Å²) in [6.45, 7) is 2.96. The average molecular weight is 210 g/mol. The van der Waals surface area contributed by atoms with Gasteiger partial charge in [0, 0.05) is 13.6 Å². The number of hydrogen-bond donors (Lipinski definition) is 0. The molecule has 4 heteroatoms. The minimum Gasteiger partial charge on any atom is -0.351 e. The SMILES string of the molecule is Cc1nc(N(C)CC2CC2)sc1C=O. The van der Waals surface area contributed by atoms with Crippen molar-refractivity contribution in [3.8, 4) is 0 Å². The fourth-order valence-corrected chi connectivity index (χ4v) is 2.28. The van der Waals surface area contributed by atoms with Crippen LogP contribution < -0.4 is 4.90 Å². The predicted molar refractivity (Wildman–Crippen MR) is 58.2 cm³/mol. The summed E-state index contributed by atoms with van der Waals surface area (Å²) in [6, 6.07) is 0. The van der Waals surface area contributed by atoms with Crippen LogP contribution in [0, 0.1) is 12.8 Å². The second kappa shape index (κ2) is 3.69. The lowest BCUT2D eigenvalue weighted by Gasteiger charge is -2.14. The maximum atomic E-state index is 10.6. The molecule has 0 amide bonds. The first-order chi connectivity index (χ1) is 6.70. The van der Waals surface area contributed by atoms with Gasteiger partial charge in [0.05, 0.1) is 10.6 Å². The van der Waals surface area contributed by atoms with E-state index in [1.807, 2.05) is 14.0 Å². The van der Waals surface area contributed by atoms with Crippen molar-refractivity contribution in [1.29, 1.82) is 0 Å². The maximum absolute atomic E-state index is 10.6. The highest BCUT2D eigenvalue weighted by molar-refractivity contribution is 7.17. The Kier molecular flexibility index (Phi) is 2.54. The number of carbonyl (C=O) groups excluding carboxylic acids is 1. The van der Waals surface area contributed by atoms with E-state index in [0.717, 1.165) is 34.5 Å². The van der Waals surface area contributed by atoms with E-state index < -0.39 is 0 Å². The topological polar surface area (TPSA) is 33.2 Å². The van der Waals surface area contributed by atoms with Gasteiger partial charge in [-0.25, -0.2) is 4.98 Å². The number of hydrogen-bond acceptors (Lipinski definition) is 4. The molecule has 1 aromatic rings. The number of aldehydes is 1. The van der Waals surface area contributed by atoms with Crippen LogP contribution in [0.2, 0.25) is 0 Å². The lowest BCUT2D eigenvalue weighted by Crippen LogP contribution is -2.19. The van der Waals surface area contributed by atoms with Crippen molar-refractivity contribution in [2.75, 3.05) is 18.5 Å². The third kappa shape index (κ3) is 1.95. The lowest BCUT2D eigenvalue weighted by atomic mass is 10.4. The molecular weight excluding hydrogens is 196 g/mol. The molecule has 0 radical (unpaired) electrons.